The van der Waals surface area contributed by atoms with Crippen LogP contribution in [0.15, 0.2) is 18.3 Å². The van der Waals surface area contributed by atoms with Gasteiger partial charge in [0.25, 0.3) is 0 Å². The van der Waals surface area contributed by atoms with E-state index in [0.717, 1.165) is 61.0 Å². The number of anilines is 1. The average Bonchev–Trinajstić information content (AvgIpc) is 3.07. The number of nitrogens with one attached hydrogen (secondary N) is 1. The molecule has 24 heavy (non-hydrogen) atoms. The van der Waals surface area contributed by atoms with E-state index in [2.05, 4.69) is 28.3 Å². The Morgan fingerprint density at radius 2 is 2.04 bits per heavy atom. The van der Waals surface area contributed by atoms with Crippen LogP contribution in [-0.4, -0.2) is 36.3 Å². The first kappa shape index (κ1) is 17.4. The molecule has 4 rings (SSSR count). The molecule has 130 valence electrons. The molecule has 2 aliphatic heterocycles. The number of rotatable bonds is 1. The molecule has 0 amide bonds. The van der Waals surface area contributed by atoms with E-state index in [4.69, 9.17) is 22.1 Å². The lowest BCUT2D eigenvalue weighted by molar-refractivity contribution is 0.188. The van der Waals surface area contributed by atoms with Crippen molar-refractivity contribution in [2.24, 2.45) is 5.92 Å². The van der Waals surface area contributed by atoms with Gasteiger partial charge in [-0.15, -0.1) is 0 Å². The smallest absolute Gasteiger partial charge is 0.220 e. The fourth-order valence-corrected chi connectivity index (χ4v) is 3.51. The van der Waals surface area contributed by atoms with Crippen molar-refractivity contribution >= 4 is 28.5 Å². The largest absolute Gasteiger partial charge is 0.381 e. The fraction of sp³-hybridized carbons (Fsp3) is 0.556. The van der Waals surface area contributed by atoms with E-state index >= 15 is 0 Å². The second kappa shape index (κ2) is 8.10. The lowest BCUT2D eigenvalue weighted by atomic mass is 9.89. The molecule has 2 fully saturated rings. The summed E-state index contributed by atoms with van der Waals surface area (Å²) in [6.07, 6.45) is 5.22. The Labute approximate surface area is 148 Å². The van der Waals surface area contributed by atoms with Gasteiger partial charge in [0.15, 0.2) is 0 Å². The topological polar surface area (TPSA) is 73.1 Å². The zero-order chi connectivity index (χ0) is 16.9. The molecule has 2 aliphatic rings. The molecule has 1 aromatic heterocycles. The van der Waals surface area contributed by atoms with Crippen LogP contribution in [0.25, 0.3) is 10.9 Å². The van der Waals surface area contributed by atoms with Gasteiger partial charge in [0.2, 0.25) is 5.95 Å². The summed E-state index contributed by atoms with van der Waals surface area (Å²) in [6.45, 7) is 6.28. The van der Waals surface area contributed by atoms with Gasteiger partial charge in [-0.25, -0.2) is 9.97 Å². The minimum Gasteiger partial charge on any atom is -0.381 e. The first-order valence-corrected chi connectivity index (χ1v) is 9.01. The third kappa shape index (κ3) is 4.35. The second-order valence-electron chi connectivity index (χ2n) is 6.65. The second-order valence-corrected chi connectivity index (χ2v) is 7.06. The summed E-state index contributed by atoms with van der Waals surface area (Å²) >= 11 is 6.37. The molecule has 6 heteroatoms. The highest BCUT2D eigenvalue weighted by molar-refractivity contribution is 6.32. The van der Waals surface area contributed by atoms with Gasteiger partial charge in [-0.05, 0) is 61.9 Å². The maximum absolute atomic E-state index is 6.37. The van der Waals surface area contributed by atoms with Crippen LogP contribution in [0.1, 0.15) is 37.7 Å². The lowest BCUT2D eigenvalue weighted by Gasteiger charge is -2.24. The number of aromatic nitrogens is 2. The third-order valence-corrected chi connectivity index (χ3v) is 4.98. The minimum absolute atomic E-state index is 0.307. The molecule has 1 atom stereocenters. The minimum atomic E-state index is 0.307. The van der Waals surface area contributed by atoms with Crippen molar-refractivity contribution in [3.05, 3.63) is 28.9 Å². The third-order valence-electron chi connectivity index (χ3n) is 4.65. The Morgan fingerprint density at radius 1 is 1.25 bits per heavy atom. The van der Waals surface area contributed by atoms with Gasteiger partial charge in [-0.2, -0.15) is 0 Å². The van der Waals surface area contributed by atoms with Crippen molar-refractivity contribution in [2.75, 3.05) is 32.0 Å². The van der Waals surface area contributed by atoms with E-state index in [1.54, 1.807) is 6.20 Å². The van der Waals surface area contributed by atoms with Crippen LogP contribution >= 0.6 is 11.6 Å². The number of hydrogen-bond donors (Lipinski definition) is 2. The van der Waals surface area contributed by atoms with E-state index in [-0.39, 0.29) is 0 Å². The monoisotopic (exact) mass is 348 g/mol. The van der Waals surface area contributed by atoms with Crippen molar-refractivity contribution in [1.29, 1.82) is 0 Å². The van der Waals surface area contributed by atoms with Crippen LogP contribution in [0.3, 0.4) is 0 Å². The van der Waals surface area contributed by atoms with E-state index in [1.165, 1.54) is 12.0 Å². The quantitative estimate of drug-likeness (QED) is 0.826. The molecule has 3 N–H and O–H groups in total. The van der Waals surface area contributed by atoms with E-state index in [1.807, 2.05) is 6.07 Å². The highest BCUT2D eigenvalue weighted by atomic mass is 35.5. The zero-order valence-corrected chi connectivity index (χ0v) is 14.9. The normalized spacial score (nSPS) is 21.5. The molecule has 0 saturated carbocycles. The summed E-state index contributed by atoms with van der Waals surface area (Å²) in [5, 5.41) is 5.11. The molecule has 5 nitrogen and oxygen atoms in total. The van der Waals surface area contributed by atoms with Gasteiger partial charge < -0.3 is 15.8 Å². The van der Waals surface area contributed by atoms with Crippen LogP contribution in [0.5, 0.6) is 0 Å². The number of halogens is 1. The first-order valence-electron chi connectivity index (χ1n) is 8.63. The van der Waals surface area contributed by atoms with Crippen molar-refractivity contribution in [3.8, 4) is 0 Å². The molecule has 0 aliphatic carbocycles. The van der Waals surface area contributed by atoms with Crippen molar-refractivity contribution in [1.82, 2.24) is 15.3 Å². The molecule has 3 heterocycles. The summed E-state index contributed by atoms with van der Waals surface area (Å²) < 4.78 is 5.06. The van der Waals surface area contributed by atoms with Crippen LogP contribution in [0.4, 0.5) is 5.95 Å². The fourth-order valence-electron chi connectivity index (χ4n) is 3.18. The van der Waals surface area contributed by atoms with Gasteiger partial charge in [0.05, 0.1) is 5.52 Å². The number of fused-ring (bicyclic) bond motifs is 1. The number of piperidine rings is 1. The van der Waals surface area contributed by atoms with Crippen molar-refractivity contribution < 1.29 is 4.74 Å². The highest BCUT2D eigenvalue weighted by Crippen LogP contribution is 2.33. The Kier molecular flexibility index (Phi) is 5.87. The van der Waals surface area contributed by atoms with E-state index in [9.17, 15) is 0 Å². The van der Waals surface area contributed by atoms with Gasteiger partial charge in [-0.1, -0.05) is 18.5 Å². The number of nitrogen functional groups attached to an aromatic ring is 1. The highest BCUT2D eigenvalue weighted by Gasteiger charge is 2.18. The van der Waals surface area contributed by atoms with Crippen LogP contribution in [-0.2, 0) is 4.74 Å². The van der Waals surface area contributed by atoms with E-state index in [0.29, 0.717) is 11.9 Å². The summed E-state index contributed by atoms with van der Waals surface area (Å²) in [4.78, 5) is 8.25. The zero-order valence-electron chi connectivity index (χ0n) is 14.1. The SMILES string of the molecule is CC1CCOC1.Nc1ncc2cc(Cl)c(C3CCNCC3)cc2n1. The molecular weight excluding hydrogens is 324 g/mol. The van der Waals surface area contributed by atoms with Crippen LogP contribution in [0.2, 0.25) is 5.02 Å². The predicted molar refractivity (Wildman–Crippen MR) is 98.4 cm³/mol. The average molecular weight is 349 g/mol. The molecule has 1 aromatic carbocycles. The number of ether oxygens (including phenoxy) is 1. The Morgan fingerprint density at radius 3 is 2.67 bits per heavy atom. The molecule has 0 bridgehead atoms. The molecule has 2 aromatic rings. The van der Waals surface area contributed by atoms with Crippen molar-refractivity contribution in [2.45, 2.75) is 32.1 Å². The van der Waals surface area contributed by atoms with Crippen LogP contribution in [0, 0.1) is 5.92 Å². The summed E-state index contributed by atoms with van der Waals surface area (Å²) in [7, 11) is 0. The van der Waals surface area contributed by atoms with Gasteiger partial charge >= 0.3 is 0 Å². The Hall–Kier alpha value is -1.43. The summed E-state index contributed by atoms with van der Waals surface area (Å²) in [6, 6.07) is 4.00. The molecule has 0 radical (unpaired) electrons. The Bertz CT molecular complexity index is 682. The molecule has 0 spiro atoms. The summed E-state index contributed by atoms with van der Waals surface area (Å²) in [5.41, 5.74) is 7.68. The summed E-state index contributed by atoms with van der Waals surface area (Å²) in [5.74, 6) is 1.64. The lowest BCUT2D eigenvalue weighted by Crippen LogP contribution is -2.26. The Balaban J connectivity index is 0.000000238. The number of hydrogen-bond acceptors (Lipinski definition) is 5. The predicted octanol–water partition coefficient (Wildman–Crippen LogP) is 3.38. The van der Waals surface area contributed by atoms with Crippen LogP contribution < -0.4 is 11.1 Å². The number of benzene rings is 1. The maximum atomic E-state index is 6.37. The standard InChI is InChI=1S/C13H15ClN4.C5H10O/c14-11-5-9-7-17-13(15)18-12(9)6-10(11)8-1-3-16-4-2-8;1-5-2-3-6-4-5/h5-8,16H,1-4H2,(H2,15,17,18);5H,2-4H2,1H3. The number of nitrogens with two attached hydrogens (primary N) is 1. The first-order chi connectivity index (χ1) is 11.6. The molecule has 2 saturated heterocycles. The molecular formula is C18H25ClN4O. The van der Waals surface area contributed by atoms with E-state index < -0.39 is 0 Å². The van der Waals surface area contributed by atoms with Crippen molar-refractivity contribution in [3.63, 3.8) is 0 Å². The van der Waals surface area contributed by atoms with Gasteiger partial charge in [0, 0.05) is 29.8 Å². The number of nitrogens with zero attached hydrogens (tertiary/aromatic N) is 2. The maximum Gasteiger partial charge on any atom is 0.220 e. The van der Waals surface area contributed by atoms with Gasteiger partial charge in [0.1, 0.15) is 0 Å². The van der Waals surface area contributed by atoms with Gasteiger partial charge in [-0.3, -0.25) is 0 Å². The molecule has 1 unspecified atom stereocenters.